The Balaban J connectivity index is 1.73. The highest BCUT2D eigenvalue weighted by Crippen LogP contribution is 2.33. The van der Waals surface area contributed by atoms with Gasteiger partial charge in [0.15, 0.2) is 11.8 Å². The van der Waals surface area contributed by atoms with Gasteiger partial charge in [0.05, 0.1) is 17.2 Å². The van der Waals surface area contributed by atoms with Crippen molar-refractivity contribution in [3.8, 4) is 11.5 Å². The van der Waals surface area contributed by atoms with Crippen molar-refractivity contribution in [1.29, 1.82) is 0 Å². The normalized spacial score (nSPS) is 16.5. The molecule has 0 spiro atoms. The molecule has 150 valence electrons. The van der Waals surface area contributed by atoms with Crippen LogP contribution < -0.4 is 15.2 Å². The number of likely N-dealkylation sites (N-methyl/N-ethyl adjacent to an activating group) is 1. The molecular weight excluding hydrogens is 390 g/mol. The third-order valence-electron chi connectivity index (χ3n) is 3.94. The summed E-state index contributed by atoms with van der Waals surface area (Å²) in [7, 11) is 1.70. The van der Waals surface area contributed by atoms with Crippen LogP contribution in [0.5, 0.6) is 11.5 Å². The second kappa shape index (κ2) is 9.29. The highest BCUT2D eigenvalue weighted by atomic mass is 32.2. The van der Waals surface area contributed by atoms with Crippen LogP contribution in [0.25, 0.3) is 6.08 Å². The standard InChI is InChI=1S/C21H21N3O4S/c1-3-27-16-10-6-15(7-11-16)23-21-24(2)20(26)18(29-21)12-14-4-8-17(9-5-14)28-13-19(22)25/h4-12H,3,13H2,1-2H3,(H2,22,25)/b18-12-,23-21?. The van der Waals surface area contributed by atoms with Gasteiger partial charge < -0.3 is 15.2 Å². The number of carbonyl (C=O) groups is 2. The smallest absolute Gasteiger partial charge is 0.266 e. The van der Waals surface area contributed by atoms with Crippen molar-refractivity contribution < 1.29 is 19.1 Å². The molecule has 0 unspecified atom stereocenters. The maximum atomic E-state index is 12.6. The summed E-state index contributed by atoms with van der Waals surface area (Å²) in [4.78, 5) is 30.0. The molecule has 2 amide bonds. The lowest BCUT2D eigenvalue weighted by Crippen LogP contribution is -2.23. The maximum absolute atomic E-state index is 12.6. The zero-order valence-electron chi connectivity index (χ0n) is 16.1. The summed E-state index contributed by atoms with van der Waals surface area (Å²) < 4.78 is 10.7. The largest absolute Gasteiger partial charge is 0.494 e. The van der Waals surface area contributed by atoms with Gasteiger partial charge in [0.2, 0.25) is 0 Å². The molecule has 1 saturated heterocycles. The molecule has 2 aromatic carbocycles. The van der Waals surface area contributed by atoms with E-state index in [4.69, 9.17) is 15.2 Å². The summed E-state index contributed by atoms with van der Waals surface area (Å²) in [6.45, 7) is 2.36. The van der Waals surface area contributed by atoms with Gasteiger partial charge in [-0.3, -0.25) is 14.5 Å². The lowest BCUT2D eigenvalue weighted by atomic mass is 10.2. The van der Waals surface area contributed by atoms with Crippen LogP contribution in [0.1, 0.15) is 12.5 Å². The molecule has 2 N–H and O–H groups in total. The van der Waals surface area contributed by atoms with Crippen molar-refractivity contribution in [2.75, 3.05) is 20.3 Å². The molecule has 3 rings (SSSR count). The number of primary amides is 1. The number of carbonyl (C=O) groups excluding carboxylic acids is 2. The summed E-state index contributed by atoms with van der Waals surface area (Å²) in [5.41, 5.74) is 6.64. The van der Waals surface area contributed by atoms with Gasteiger partial charge in [-0.05, 0) is 66.7 Å². The van der Waals surface area contributed by atoms with E-state index >= 15 is 0 Å². The van der Waals surface area contributed by atoms with Crippen LogP contribution >= 0.6 is 11.8 Å². The van der Waals surface area contributed by atoms with Crippen molar-refractivity contribution >= 4 is 40.5 Å². The molecule has 1 heterocycles. The lowest BCUT2D eigenvalue weighted by Gasteiger charge is -2.07. The second-order valence-corrected chi connectivity index (χ2v) is 7.13. The average Bonchev–Trinajstić information content (AvgIpc) is 2.97. The fraction of sp³-hybridized carbons (Fsp3) is 0.190. The Bertz CT molecular complexity index is 953. The number of thioether (sulfide) groups is 1. The molecule has 1 aliphatic heterocycles. The first-order chi connectivity index (χ1) is 14.0. The zero-order valence-corrected chi connectivity index (χ0v) is 16.9. The predicted octanol–water partition coefficient (Wildman–Crippen LogP) is 3.18. The number of nitrogens with zero attached hydrogens (tertiary/aromatic N) is 2. The van der Waals surface area contributed by atoms with Crippen LogP contribution in [-0.4, -0.2) is 42.1 Å². The minimum Gasteiger partial charge on any atom is -0.494 e. The molecule has 0 aliphatic carbocycles. The SMILES string of the molecule is CCOc1ccc(N=C2S/C(=C\c3ccc(OCC(N)=O)cc3)C(=O)N2C)cc1. The van der Waals surface area contributed by atoms with Gasteiger partial charge in [-0.15, -0.1) is 0 Å². The Kier molecular flexibility index (Phi) is 6.56. The summed E-state index contributed by atoms with van der Waals surface area (Å²) in [5.74, 6) is 0.662. The number of aliphatic imine (C=N–C) groups is 1. The maximum Gasteiger partial charge on any atom is 0.266 e. The molecule has 1 fully saturated rings. The van der Waals surface area contributed by atoms with Crippen molar-refractivity contribution in [1.82, 2.24) is 4.90 Å². The number of ether oxygens (including phenoxy) is 2. The highest BCUT2D eigenvalue weighted by molar-refractivity contribution is 8.18. The molecule has 8 heteroatoms. The predicted molar refractivity (Wildman–Crippen MR) is 114 cm³/mol. The number of hydrogen-bond donors (Lipinski definition) is 1. The fourth-order valence-electron chi connectivity index (χ4n) is 2.51. The number of hydrogen-bond acceptors (Lipinski definition) is 6. The minimum absolute atomic E-state index is 0.117. The van der Waals surface area contributed by atoms with Crippen LogP contribution in [0.15, 0.2) is 58.4 Å². The average molecular weight is 411 g/mol. The molecule has 0 aromatic heterocycles. The van der Waals surface area contributed by atoms with Crippen molar-refractivity contribution in [2.45, 2.75) is 6.92 Å². The molecule has 0 bridgehead atoms. The summed E-state index contributed by atoms with van der Waals surface area (Å²) in [5, 5.41) is 0.604. The number of benzene rings is 2. The quantitative estimate of drug-likeness (QED) is 0.706. The van der Waals surface area contributed by atoms with E-state index in [1.54, 1.807) is 37.4 Å². The topological polar surface area (TPSA) is 94.2 Å². The first-order valence-electron chi connectivity index (χ1n) is 8.96. The number of nitrogens with two attached hydrogens (primary N) is 1. The van der Waals surface area contributed by atoms with Crippen LogP contribution in [0.3, 0.4) is 0 Å². The summed E-state index contributed by atoms with van der Waals surface area (Å²) in [6.07, 6.45) is 1.79. The molecule has 0 atom stereocenters. The number of amidine groups is 1. The van der Waals surface area contributed by atoms with Gasteiger partial charge in [-0.1, -0.05) is 12.1 Å². The van der Waals surface area contributed by atoms with Crippen LogP contribution in [0, 0.1) is 0 Å². The number of rotatable bonds is 7. The Morgan fingerprint density at radius 1 is 1.10 bits per heavy atom. The van der Waals surface area contributed by atoms with E-state index in [2.05, 4.69) is 4.99 Å². The van der Waals surface area contributed by atoms with Crippen molar-refractivity contribution in [3.05, 3.63) is 59.0 Å². The lowest BCUT2D eigenvalue weighted by molar-refractivity contribution is -0.121. The first kappa shape index (κ1) is 20.5. The minimum atomic E-state index is -0.536. The molecule has 0 saturated carbocycles. The van der Waals surface area contributed by atoms with Crippen LogP contribution in [0.4, 0.5) is 5.69 Å². The molecule has 2 aromatic rings. The van der Waals surface area contributed by atoms with Gasteiger partial charge in [-0.25, -0.2) is 4.99 Å². The number of amides is 2. The Morgan fingerprint density at radius 2 is 1.72 bits per heavy atom. The van der Waals surface area contributed by atoms with Gasteiger partial charge >= 0.3 is 0 Å². The Hall–Kier alpha value is -3.26. The Morgan fingerprint density at radius 3 is 2.34 bits per heavy atom. The van der Waals surface area contributed by atoms with Gasteiger partial charge in [0, 0.05) is 7.05 Å². The van der Waals surface area contributed by atoms with Gasteiger partial charge in [0.1, 0.15) is 11.5 Å². The Labute approximate surface area is 173 Å². The van der Waals surface area contributed by atoms with Crippen molar-refractivity contribution in [3.63, 3.8) is 0 Å². The summed E-state index contributed by atoms with van der Waals surface area (Å²) in [6, 6.07) is 14.5. The van der Waals surface area contributed by atoms with E-state index < -0.39 is 5.91 Å². The highest BCUT2D eigenvalue weighted by Gasteiger charge is 2.30. The second-order valence-electron chi connectivity index (χ2n) is 6.12. The van der Waals surface area contributed by atoms with Gasteiger partial charge in [-0.2, -0.15) is 0 Å². The van der Waals surface area contributed by atoms with E-state index in [0.29, 0.717) is 22.4 Å². The van der Waals surface area contributed by atoms with E-state index in [9.17, 15) is 9.59 Å². The summed E-state index contributed by atoms with van der Waals surface area (Å²) >= 11 is 1.31. The molecule has 29 heavy (non-hydrogen) atoms. The monoisotopic (exact) mass is 411 g/mol. The van der Waals surface area contributed by atoms with E-state index in [-0.39, 0.29) is 12.5 Å². The van der Waals surface area contributed by atoms with E-state index in [1.807, 2.05) is 31.2 Å². The zero-order chi connectivity index (χ0) is 20.8. The van der Waals surface area contributed by atoms with Crippen LogP contribution in [0.2, 0.25) is 0 Å². The molecule has 0 radical (unpaired) electrons. The first-order valence-corrected chi connectivity index (χ1v) is 9.78. The van der Waals surface area contributed by atoms with E-state index in [0.717, 1.165) is 17.0 Å². The van der Waals surface area contributed by atoms with Crippen LogP contribution in [-0.2, 0) is 9.59 Å². The molecule has 1 aliphatic rings. The van der Waals surface area contributed by atoms with E-state index in [1.165, 1.54) is 16.7 Å². The molecular formula is C21H21N3O4S. The van der Waals surface area contributed by atoms with Crippen molar-refractivity contribution in [2.24, 2.45) is 10.7 Å². The fourth-order valence-corrected chi connectivity index (χ4v) is 3.50. The third-order valence-corrected chi connectivity index (χ3v) is 5.00. The van der Waals surface area contributed by atoms with Gasteiger partial charge in [0.25, 0.3) is 11.8 Å². The third kappa shape index (κ3) is 5.39. The molecule has 7 nitrogen and oxygen atoms in total.